The van der Waals surface area contributed by atoms with Crippen LogP contribution in [0.3, 0.4) is 0 Å². The predicted molar refractivity (Wildman–Crippen MR) is 107 cm³/mol. The van der Waals surface area contributed by atoms with E-state index in [-0.39, 0.29) is 11.9 Å². The Balaban J connectivity index is 1.75. The van der Waals surface area contributed by atoms with Crippen LogP contribution in [0.15, 0.2) is 30.3 Å². The molecule has 1 aliphatic rings. The number of benzene rings is 1. The summed E-state index contributed by atoms with van der Waals surface area (Å²) in [6.07, 6.45) is 3.73. The maximum Gasteiger partial charge on any atom is 0.245 e. The molecule has 1 atom stereocenters. The third-order valence-electron chi connectivity index (χ3n) is 4.64. The molecule has 0 unspecified atom stereocenters. The normalized spacial score (nSPS) is 14.7. The Morgan fingerprint density at radius 3 is 2.62 bits per heavy atom. The molecule has 3 rings (SSSR count). The van der Waals surface area contributed by atoms with E-state index in [0.29, 0.717) is 12.5 Å². The summed E-state index contributed by atoms with van der Waals surface area (Å²) in [5.41, 5.74) is 4.41. The Labute approximate surface area is 159 Å². The molecule has 0 aliphatic carbocycles. The van der Waals surface area contributed by atoms with Gasteiger partial charge in [0.05, 0.1) is 0 Å². The van der Waals surface area contributed by atoms with Crippen molar-refractivity contribution in [3.8, 4) is 0 Å². The van der Waals surface area contributed by atoms with Crippen LogP contribution < -0.4 is 5.32 Å². The Morgan fingerprint density at radius 1 is 1.23 bits per heavy atom. The number of aromatic nitrogens is 2. The first kappa shape index (κ1) is 18.7. The second kappa shape index (κ2) is 8.54. The largest absolute Gasteiger partial charge is 0.342 e. The van der Waals surface area contributed by atoms with E-state index in [0.717, 1.165) is 36.5 Å². The van der Waals surface area contributed by atoms with Crippen molar-refractivity contribution in [2.75, 3.05) is 23.9 Å². The smallest absolute Gasteiger partial charge is 0.245 e. The van der Waals surface area contributed by atoms with Crippen molar-refractivity contribution in [2.45, 2.75) is 39.3 Å². The molecule has 26 heavy (non-hydrogen) atoms. The van der Waals surface area contributed by atoms with E-state index in [1.165, 1.54) is 11.1 Å². The lowest BCUT2D eigenvalue weighted by Crippen LogP contribution is -2.45. The summed E-state index contributed by atoms with van der Waals surface area (Å²) < 4.78 is 0. The number of thioether (sulfide) groups is 1. The molecule has 0 fully saturated rings. The number of rotatable bonds is 6. The molecule has 0 bridgehead atoms. The molecular weight excluding hydrogens is 344 g/mol. The molecule has 1 N–H and O–H groups in total. The van der Waals surface area contributed by atoms with E-state index in [1.807, 2.05) is 30.9 Å². The maximum absolute atomic E-state index is 13.2. The van der Waals surface area contributed by atoms with Crippen molar-refractivity contribution in [1.82, 2.24) is 14.9 Å². The van der Waals surface area contributed by atoms with Crippen LogP contribution in [0.1, 0.15) is 28.9 Å². The highest BCUT2D eigenvalue weighted by molar-refractivity contribution is 7.98. The predicted octanol–water partition coefficient (Wildman–Crippen LogP) is 3.21. The number of aryl methyl sites for hydroxylation is 2. The van der Waals surface area contributed by atoms with Gasteiger partial charge in [-0.05, 0) is 55.9 Å². The van der Waals surface area contributed by atoms with Crippen LogP contribution >= 0.6 is 11.8 Å². The van der Waals surface area contributed by atoms with Crippen molar-refractivity contribution >= 4 is 23.6 Å². The number of nitrogens with zero attached hydrogens (tertiary/aromatic N) is 3. The van der Waals surface area contributed by atoms with Gasteiger partial charge in [0.15, 0.2) is 0 Å². The second-order valence-corrected chi connectivity index (χ2v) is 7.72. The number of carbonyl (C=O) groups is 1. The topological polar surface area (TPSA) is 58.1 Å². The molecule has 1 aromatic heterocycles. The fourth-order valence-electron chi connectivity index (χ4n) is 3.34. The van der Waals surface area contributed by atoms with Crippen LogP contribution in [0.4, 0.5) is 5.95 Å². The molecular formula is C20H26N4OS. The highest BCUT2D eigenvalue weighted by Crippen LogP contribution is 2.20. The van der Waals surface area contributed by atoms with Gasteiger partial charge in [0, 0.05) is 24.5 Å². The molecule has 1 aromatic carbocycles. The number of hydrogen-bond donors (Lipinski definition) is 1. The van der Waals surface area contributed by atoms with Gasteiger partial charge in [-0.25, -0.2) is 9.97 Å². The zero-order chi connectivity index (χ0) is 18.5. The summed E-state index contributed by atoms with van der Waals surface area (Å²) in [5, 5.41) is 3.29. The average Bonchev–Trinajstić information content (AvgIpc) is 2.63. The Hall–Kier alpha value is -2.08. The van der Waals surface area contributed by atoms with Gasteiger partial charge >= 0.3 is 0 Å². The first-order valence-corrected chi connectivity index (χ1v) is 10.4. The molecule has 5 nitrogen and oxygen atoms in total. The molecule has 6 heteroatoms. The van der Waals surface area contributed by atoms with Crippen molar-refractivity contribution in [3.63, 3.8) is 0 Å². The number of carbonyl (C=O) groups excluding carboxylic acids is 1. The van der Waals surface area contributed by atoms with Crippen molar-refractivity contribution in [3.05, 3.63) is 52.8 Å². The third-order valence-corrected chi connectivity index (χ3v) is 5.28. The van der Waals surface area contributed by atoms with Crippen LogP contribution in [0.2, 0.25) is 0 Å². The molecule has 0 radical (unpaired) electrons. The lowest BCUT2D eigenvalue weighted by molar-refractivity contribution is -0.133. The zero-order valence-corrected chi connectivity index (χ0v) is 16.5. The molecule has 0 spiro atoms. The Kier molecular flexibility index (Phi) is 6.14. The van der Waals surface area contributed by atoms with E-state index in [1.54, 1.807) is 11.8 Å². The summed E-state index contributed by atoms with van der Waals surface area (Å²) in [4.78, 5) is 24.0. The van der Waals surface area contributed by atoms with Gasteiger partial charge in [0.1, 0.15) is 6.04 Å². The van der Waals surface area contributed by atoms with Crippen LogP contribution in [-0.2, 0) is 17.8 Å². The number of nitrogens with one attached hydrogen (secondary N) is 1. The number of amides is 1. The highest BCUT2D eigenvalue weighted by atomic mass is 32.2. The summed E-state index contributed by atoms with van der Waals surface area (Å²) in [5.74, 6) is 1.59. The standard InChI is InChI=1S/C20H26N4OS/c1-14-12-15(2)22-20(21-14)23-18(9-11-26-3)19(25)24-10-8-16-6-4-5-7-17(16)13-24/h4-7,12,18H,8-11,13H2,1-3H3,(H,21,22,23)/t18-/m0/s1. The van der Waals surface area contributed by atoms with Gasteiger partial charge in [-0.1, -0.05) is 24.3 Å². The van der Waals surface area contributed by atoms with Crippen LogP contribution in [-0.4, -0.2) is 45.4 Å². The molecule has 2 heterocycles. The second-order valence-electron chi connectivity index (χ2n) is 6.73. The fourth-order valence-corrected chi connectivity index (χ4v) is 3.82. The first-order valence-electron chi connectivity index (χ1n) is 9.00. The maximum atomic E-state index is 13.2. The van der Waals surface area contributed by atoms with Gasteiger partial charge in [-0.15, -0.1) is 0 Å². The summed E-state index contributed by atoms with van der Waals surface area (Å²) in [6.45, 7) is 5.33. The van der Waals surface area contributed by atoms with E-state index in [9.17, 15) is 4.79 Å². The van der Waals surface area contributed by atoms with Gasteiger partial charge in [0.25, 0.3) is 0 Å². The monoisotopic (exact) mass is 370 g/mol. The summed E-state index contributed by atoms with van der Waals surface area (Å²) in [7, 11) is 0. The van der Waals surface area contributed by atoms with E-state index < -0.39 is 0 Å². The average molecular weight is 371 g/mol. The van der Waals surface area contributed by atoms with Gasteiger partial charge in [-0.2, -0.15) is 11.8 Å². The minimum absolute atomic E-state index is 0.135. The van der Waals surface area contributed by atoms with Crippen molar-refractivity contribution in [2.24, 2.45) is 0 Å². The Morgan fingerprint density at radius 2 is 1.92 bits per heavy atom. The van der Waals surface area contributed by atoms with Gasteiger partial charge in [0.2, 0.25) is 11.9 Å². The van der Waals surface area contributed by atoms with Crippen molar-refractivity contribution < 1.29 is 4.79 Å². The quantitative estimate of drug-likeness (QED) is 0.846. The van der Waals surface area contributed by atoms with E-state index >= 15 is 0 Å². The van der Waals surface area contributed by atoms with Crippen LogP contribution in [0, 0.1) is 13.8 Å². The van der Waals surface area contributed by atoms with Crippen molar-refractivity contribution in [1.29, 1.82) is 0 Å². The molecule has 1 aliphatic heterocycles. The summed E-state index contributed by atoms with van der Waals surface area (Å²) >= 11 is 1.75. The van der Waals surface area contributed by atoms with E-state index in [2.05, 4.69) is 39.7 Å². The lowest BCUT2D eigenvalue weighted by Gasteiger charge is -2.32. The fraction of sp³-hybridized carbons (Fsp3) is 0.450. The molecule has 138 valence electrons. The first-order chi connectivity index (χ1) is 12.6. The van der Waals surface area contributed by atoms with Gasteiger partial charge in [-0.3, -0.25) is 4.79 Å². The SMILES string of the molecule is CSCC[C@H](Nc1nc(C)cc(C)n1)C(=O)N1CCc2ccccc2C1. The zero-order valence-electron chi connectivity index (χ0n) is 15.7. The van der Waals surface area contributed by atoms with Gasteiger partial charge < -0.3 is 10.2 Å². The summed E-state index contributed by atoms with van der Waals surface area (Å²) in [6, 6.07) is 10.0. The molecule has 0 saturated heterocycles. The minimum atomic E-state index is -0.297. The van der Waals surface area contributed by atoms with E-state index in [4.69, 9.17) is 0 Å². The number of anilines is 1. The third kappa shape index (κ3) is 4.55. The molecule has 0 saturated carbocycles. The van der Waals surface area contributed by atoms with Crippen LogP contribution in [0.25, 0.3) is 0 Å². The molecule has 2 aromatic rings. The Bertz CT molecular complexity index is 760. The van der Waals surface area contributed by atoms with Crippen LogP contribution in [0.5, 0.6) is 0 Å². The number of hydrogen-bond acceptors (Lipinski definition) is 5. The minimum Gasteiger partial charge on any atom is -0.342 e. The highest BCUT2D eigenvalue weighted by Gasteiger charge is 2.27. The molecule has 1 amide bonds. The lowest BCUT2D eigenvalue weighted by atomic mass is 9.99. The number of fused-ring (bicyclic) bond motifs is 1.